The summed E-state index contributed by atoms with van der Waals surface area (Å²) in [6.07, 6.45) is 0.402. The van der Waals surface area contributed by atoms with Crippen molar-refractivity contribution in [3.8, 4) is 0 Å². The van der Waals surface area contributed by atoms with Crippen LogP contribution in [0.3, 0.4) is 0 Å². The van der Waals surface area contributed by atoms with Crippen molar-refractivity contribution in [1.82, 2.24) is 15.1 Å². The Labute approximate surface area is 160 Å². The molecule has 6 nitrogen and oxygen atoms in total. The van der Waals surface area contributed by atoms with Gasteiger partial charge in [0.15, 0.2) is 0 Å². The van der Waals surface area contributed by atoms with Gasteiger partial charge in [-0.2, -0.15) is 0 Å². The lowest BCUT2D eigenvalue weighted by atomic mass is 10.1. The maximum atomic E-state index is 12.5. The van der Waals surface area contributed by atoms with Gasteiger partial charge in [-0.15, -0.1) is 11.3 Å². The number of carbonyl (C=O) groups is 3. The topological polar surface area (TPSA) is 69.7 Å². The van der Waals surface area contributed by atoms with Crippen molar-refractivity contribution >= 4 is 40.8 Å². The molecule has 1 aromatic carbocycles. The molecular formula is C18H18ClN3O3S. The van der Waals surface area contributed by atoms with Crippen molar-refractivity contribution in [2.75, 3.05) is 13.6 Å². The highest BCUT2D eigenvalue weighted by Gasteiger charge is 2.39. The van der Waals surface area contributed by atoms with Gasteiger partial charge < -0.3 is 10.2 Å². The second-order valence-electron chi connectivity index (χ2n) is 6.07. The minimum atomic E-state index is -0.640. The fraction of sp³-hybridized carbons (Fsp3) is 0.278. The van der Waals surface area contributed by atoms with Crippen LogP contribution in [-0.2, 0) is 22.6 Å². The number of likely N-dealkylation sites (N-methyl/N-ethyl adjacent to an activating group) is 1. The predicted octanol–water partition coefficient (Wildman–Crippen LogP) is 2.52. The van der Waals surface area contributed by atoms with Gasteiger partial charge in [0, 0.05) is 18.3 Å². The largest absolute Gasteiger partial charge is 0.339 e. The summed E-state index contributed by atoms with van der Waals surface area (Å²) in [6, 6.07) is 11.9. The Morgan fingerprint density at radius 2 is 1.96 bits per heavy atom. The van der Waals surface area contributed by atoms with E-state index in [-0.39, 0.29) is 18.4 Å². The first-order chi connectivity index (χ1) is 12.4. The molecule has 8 heteroatoms. The lowest BCUT2D eigenvalue weighted by Gasteiger charge is -2.19. The number of nitrogens with one attached hydrogen (secondary N) is 1. The van der Waals surface area contributed by atoms with Gasteiger partial charge in [-0.3, -0.25) is 14.5 Å². The molecule has 1 aliphatic heterocycles. The number of urea groups is 1. The molecule has 1 aliphatic rings. The Kier molecular flexibility index (Phi) is 5.58. The molecule has 2 heterocycles. The van der Waals surface area contributed by atoms with Gasteiger partial charge in [-0.05, 0) is 17.7 Å². The summed E-state index contributed by atoms with van der Waals surface area (Å²) in [7, 11) is 1.63. The first-order valence-electron chi connectivity index (χ1n) is 8.08. The molecule has 1 N–H and O–H groups in total. The minimum absolute atomic E-state index is 0.272. The van der Waals surface area contributed by atoms with Crippen LogP contribution in [0.25, 0.3) is 0 Å². The monoisotopic (exact) mass is 391 g/mol. The number of hydrogen-bond acceptors (Lipinski definition) is 4. The van der Waals surface area contributed by atoms with E-state index in [0.717, 1.165) is 15.3 Å². The summed E-state index contributed by atoms with van der Waals surface area (Å²) in [5.74, 6) is -0.682. The van der Waals surface area contributed by atoms with Gasteiger partial charge in [-0.1, -0.05) is 41.9 Å². The third-order valence-corrected chi connectivity index (χ3v) is 5.35. The van der Waals surface area contributed by atoms with E-state index in [1.807, 2.05) is 36.4 Å². The normalized spacial score (nSPS) is 16.7. The van der Waals surface area contributed by atoms with E-state index >= 15 is 0 Å². The Bertz CT molecular complexity index is 824. The second kappa shape index (κ2) is 7.88. The number of imide groups is 1. The van der Waals surface area contributed by atoms with Gasteiger partial charge in [0.25, 0.3) is 5.91 Å². The summed E-state index contributed by atoms with van der Waals surface area (Å²) in [5.41, 5.74) is 0.950. The summed E-state index contributed by atoms with van der Waals surface area (Å²) < 4.78 is 0.652. The number of hydrogen-bond donors (Lipinski definition) is 1. The molecule has 0 bridgehead atoms. The lowest BCUT2D eigenvalue weighted by Crippen LogP contribution is -2.41. The number of rotatable bonds is 6. The Morgan fingerprint density at radius 1 is 1.23 bits per heavy atom. The minimum Gasteiger partial charge on any atom is -0.339 e. The number of carbonyl (C=O) groups excluding carboxylic acids is 3. The summed E-state index contributed by atoms with van der Waals surface area (Å²) in [5, 5.41) is 2.65. The van der Waals surface area contributed by atoms with Crippen LogP contribution in [0.1, 0.15) is 10.4 Å². The maximum absolute atomic E-state index is 12.5. The average molecular weight is 392 g/mol. The third kappa shape index (κ3) is 4.23. The van der Waals surface area contributed by atoms with E-state index in [9.17, 15) is 14.4 Å². The number of amides is 4. The molecule has 26 heavy (non-hydrogen) atoms. The highest BCUT2D eigenvalue weighted by Crippen LogP contribution is 2.22. The summed E-state index contributed by atoms with van der Waals surface area (Å²) in [4.78, 5) is 40.4. The van der Waals surface area contributed by atoms with Gasteiger partial charge in [0.05, 0.1) is 10.9 Å². The summed E-state index contributed by atoms with van der Waals surface area (Å²) in [6.45, 7) is 0.110. The van der Waals surface area contributed by atoms with Gasteiger partial charge >= 0.3 is 6.03 Å². The van der Waals surface area contributed by atoms with E-state index in [4.69, 9.17) is 11.6 Å². The lowest BCUT2D eigenvalue weighted by molar-refractivity contribution is -0.136. The zero-order valence-corrected chi connectivity index (χ0v) is 15.7. The molecule has 4 amide bonds. The standard InChI is InChI=1S/C18H18ClN3O3S/c1-21(10-13-7-8-15(19)26-13)16(23)11-22-17(24)14(20-18(22)25)9-12-5-3-2-4-6-12/h2-8,14H,9-11H2,1H3,(H,20,25)/t14-/m0/s1. The number of benzene rings is 1. The van der Waals surface area contributed by atoms with Crippen LogP contribution in [0.4, 0.5) is 4.79 Å². The highest BCUT2D eigenvalue weighted by molar-refractivity contribution is 7.16. The molecule has 1 fully saturated rings. The maximum Gasteiger partial charge on any atom is 0.325 e. The van der Waals surface area contributed by atoms with Crippen LogP contribution in [0, 0.1) is 0 Å². The fourth-order valence-electron chi connectivity index (χ4n) is 2.73. The zero-order valence-electron chi connectivity index (χ0n) is 14.1. The van der Waals surface area contributed by atoms with Crippen molar-refractivity contribution in [2.45, 2.75) is 19.0 Å². The molecular weight excluding hydrogens is 374 g/mol. The first kappa shape index (κ1) is 18.4. The number of thiophene rings is 1. The van der Waals surface area contributed by atoms with Crippen molar-refractivity contribution in [2.24, 2.45) is 0 Å². The van der Waals surface area contributed by atoms with E-state index < -0.39 is 12.1 Å². The molecule has 3 rings (SSSR count). The SMILES string of the molecule is CN(Cc1ccc(Cl)s1)C(=O)CN1C(=O)N[C@@H](Cc2ccccc2)C1=O. The molecule has 136 valence electrons. The molecule has 0 radical (unpaired) electrons. The van der Waals surface area contributed by atoms with E-state index in [2.05, 4.69) is 5.32 Å². The van der Waals surface area contributed by atoms with E-state index in [1.165, 1.54) is 16.2 Å². The molecule has 1 aromatic heterocycles. The zero-order chi connectivity index (χ0) is 18.7. The van der Waals surface area contributed by atoms with Crippen molar-refractivity contribution in [1.29, 1.82) is 0 Å². The second-order valence-corrected chi connectivity index (χ2v) is 7.87. The van der Waals surface area contributed by atoms with E-state index in [1.54, 1.807) is 13.1 Å². The third-order valence-electron chi connectivity index (χ3n) is 4.13. The molecule has 0 spiro atoms. The summed E-state index contributed by atoms with van der Waals surface area (Å²) >= 11 is 7.28. The van der Waals surface area contributed by atoms with E-state index in [0.29, 0.717) is 17.3 Å². The van der Waals surface area contributed by atoms with Crippen LogP contribution in [-0.4, -0.2) is 47.3 Å². The first-order valence-corrected chi connectivity index (χ1v) is 9.27. The molecule has 0 aliphatic carbocycles. The van der Waals surface area contributed by atoms with Crippen molar-refractivity contribution < 1.29 is 14.4 Å². The molecule has 0 unspecified atom stereocenters. The Balaban J connectivity index is 1.59. The number of nitrogens with zero attached hydrogens (tertiary/aromatic N) is 2. The number of halogens is 1. The highest BCUT2D eigenvalue weighted by atomic mass is 35.5. The van der Waals surface area contributed by atoms with Gasteiger partial charge in [-0.25, -0.2) is 4.79 Å². The molecule has 0 saturated carbocycles. The van der Waals surface area contributed by atoms with Crippen LogP contribution in [0.2, 0.25) is 4.34 Å². The predicted molar refractivity (Wildman–Crippen MR) is 100.0 cm³/mol. The smallest absolute Gasteiger partial charge is 0.325 e. The van der Waals surface area contributed by atoms with Gasteiger partial charge in [0.1, 0.15) is 12.6 Å². The van der Waals surface area contributed by atoms with Crippen molar-refractivity contribution in [3.63, 3.8) is 0 Å². The Hall–Kier alpha value is -2.38. The average Bonchev–Trinajstić information content (AvgIpc) is 3.13. The Morgan fingerprint density at radius 3 is 2.62 bits per heavy atom. The van der Waals surface area contributed by atoms with Crippen LogP contribution in [0.5, 0.6) is 0 Å². The quantitative estimate of drug-likeness (QED) is 0.769. The van der Waals surface area contributed by atoms with Crippen LogP contribution in [0.15, 0.2) is 42.5 Å². The van der Waals surface area contributed by atoms with Crippen molar-refractivity contribution in [3.05, 3.63) is 57.2 Å². The molecule has 1 atom stereocenters. The molecule has 2 aromatic rings. The molecule has 1 saturated heterocycles. The van der Waals surface area contributed by atoms with Crippen LogP contribution < -0.4 is 5.32 Å². The fourth-order valence-corrected chi connectivity index (χ4v) is 3.87. The van der Waals surface area contributed by atoms with Crippen LogP contribution >= 0.6 is 22.9 Å². The van der Waals surface area contributed by atoms with Gasteiger partial charge in [0.2, 0.25) is 5.91 Å².